The van der Waals surface area contributed by atoms with Crippen LogP contribution in [0.3, 0.4) is 0 Å². The second-order valence-corrected chi connectivity index (χ2v) is 11.7. The van der Waals surface area contributed by atoms with E-state index in [1.807, 2.05) is 26.0 Å². The van der Waals surface area contributed by atoms with Crippen LogP contribution in [0.15, 0.2) is 38.8 Å². The number of methoxy groups -OCH3 is 1. The monoisotopic (exact) mass is 493 g/mol. The molecule has 2 aromatic heterocycles. The highest BCUT2D eigenvalue weighted by atomic mass is 32.2. The second-order valence-electron chi connectivity index (χ2n) is 7.63. The number of thiophene rings is 1. The molecule has 1 amide bonds. The highest BCUT2D eigenvalue weighted by Gasteiger charge is 2.40. The molecule has 0 bridgehead atoms. The minimum Gasteiger partial charge on any atom is -0.468 e. The quantitative estimate of drug-likeness (QED) is 0.509. The maximum Gasteiger partial charge on any atom is 0.325 e. The number of amides is 1. The Morgan fingerprint density at radius 3 is 2.75 bits per heavy atom. The van der Waals surface area contributed by atoms with Crippen LogP contribution in [0, 0.1) is 13.8 Å². The summed E-state index contributed by atoms with van der Waals surface area (Å²) in [5.41, 5.74) is 2.83. The summed E-state index contributed by atoms with van der Waals surface area (Å²) in [5, 5.41) is 1.70. The van der Waals surface area contributed by atoms with Gasteiger partial charge in [-0.1, -0.05) is 23.5 Å². The number of carbonyl (C=O) groups is 2. The zero-order chi connectivity index (χ0) is 23.0. The summed E-state index contributed by atoms with van der Waals surface area (Å²) >= 11 is 2.43. The lowest BCUT2D eigenvalue weighted by Crippen LogP contribution is -2.40. The number of thiazole rings is 1. The molecule has 11 heteroatoms. The molecule has 1 atom stereocenters. The number of ether oxygens (including phenoxy) is 1. The molecular formula is C21H23N3O5S3. The van der Waals surface area contributed by atoms with Crippen LogP contribution >= 0.6 is 22.7 Å². The van der Waals surface area contributed by atoms with Gasteiger partial charge in [0.1, 0.15) is 16.8 Å². The van der Waals surface area contributed by atoms with Crippen molar-refractivity contribution in [3.8, 4) is 0 Å². The molecule has 1 aliphatic rings. The molecule has 8 nitrogen and oxygen atoms in total. The Bertz CT molecular complexity index is 1350. The van der Waals surface area contributed by atoms with Gasteiger partial charge in [-0.15, -0.1) is 11.3 Å². The molecule has 4 rings (SSSR count). The zero-order valence-electron chi connectivity index (χ0n) is 17.9. The number of benzene rings is 1. The van der Waals surface area contributed by atoms with Gasteiger partial charge >= 0.3 is 5.97 Å². The Kier molecular flexibility index (Phi) is 6.35. The average molecular weight is 494 g/mol. The van der Waals surface area contributed by atoms with E-state index < -0.39 is 27.9 Å². The number of sulfonamides is 1. The smallest absolute Gasteiger partial charge is 0.325 e. The second kappa shape index (κ2) is 8.89. The maximum absolute atomic E-state index is 13.2. The zero-order valence-corrected chi connectivity index (χ0v) is 20.3. The topological polar surface area (TPSA) is 98.0 Å². The number of nitrogens with zero attached hydrogens (tertiary/aromatic N) is 3. The van der Waals surface area contributed by atoms with Crippen molar-refractivity contribution < 1.29 is 22.7 Å². The molecule has 170 valence electrons. The van der Waals surface area contributed by atoms with E-state index in [1.165, 1.54) is 22.8 Å². The van der Waals surface area contributed by atoms with Crippen molar-refractivity contribution in [3.05, 3.63) is 45.6 Å². The first kappa shape index (κ1) is 22.8. The van der Waals surface area contributed by atoms with Crippen molar-refractivity contribution in [2.45, 2.75) is 43.5 Å². The molecule has 1 aromatic carbocycles. The van der Waals surface area contributed by atoms with Gasteiger partial charge < -0.3 is 9.30 Å². The Hall–Kier alpha value is -2.34. The highest BCUT2D eigenvalue weighted by Crippen LogP contribution is 2.29. The van der Waals surface area contributed by atoms with Crippen molar-refractivity contribution >= 4 is 54.8 Å². The first-order chi connectivity index (χ1) is 15.2. The van der Waals surface area contributed by atoms with E-state index in [0.29, 0.717) is 17.6 Å². The number of hydrogen-bond acceptors (Lipinski definition) is 7. The third-order valence-electron chi connectivity index (χ3n) is 5.38. The Balaban J connectivity index is 1.78. The van der Waals surface area contributed by atoms with E-state index >= 15 is 0 Å². The van der Waals surface area contributed by atoms with Crippen LogP contribution < -0.4 is 4.80 Å². The fourth-order valence-corrected chi connectivity index (χ4v) is 7.77. The molecule has 0 saturated carbocycles. The summed E-state index contributed by atoms with van der Waals surface area (Å²) in [5.74, 6) is -0.984. The van der Waals surface area contributed by atoms with E-state index in [-0.39, 0.29) is 17.3 Å². The SMILES string of the molecule is COC(=O)Cn1c(=NC(=O)C2CCCN2S(=O)(=O)c2cccs2)sc2c(C)cc(C)cc21. The predicted octanol–water partition coefficient (Wildman–Crippen LogP) is 2.83. The summed E-state index contributed by atoms with van der Waals surface area (Å²) in [6.45, 7) is 4.11. The van der Waals surface area contributed by atoms with Crippen LogP contribution in [0.4, 0.5) is 0 Å². The van der Waals surface area contributed by atoms with Gasteiger partial charge in [-0.3, -0.25) is 9.59 Å². The van der Waals surface area contributed by atoms with Gasteiger partial charge in [0.2, 0.25) is 0 Å². The van der Waals surface area contributed by atoms with Crippen molar-refractivity contribution in [3.63, 3.8) is 0 Å². The lowest BCUT2D eigenvalue weighted by Gasteiger charge is -2.20. The van der Waals surface area contributed by atoms with Gasteiger partial charge in [0.25, 0.3) is 15.9 Å². The van der Waals surface area contributed by atoms with E-state index in [0.717, 1.165) is 32.7 Å². The molecule has 3 heterocycles. The van der Waals surface area contributed by atoms with Gasteiger partial charge in [0.15, 0.2) is 4.80 Å². The average Bonchev–Trinajstić information content (AvgIpc) is 3.49. The minimum atomic E-state index is -3.76. The van der Waals surface area contributed by atoms with E-state index in [2.05, 4.69) is 4.99 Å². The fourth-order valence-electron chi connectivity index (χ4n) is 3.91. The molecule has 1 saturated heterocycles. The van der Waals surface area contributed by atoms with E-state index in [4.69, 9.17) is 4.74 Å². The number of aromatic nitrogens is 1. The first-order valence-corrected chi connectivity index (χ1v) is 13.2. The molecular weight excluding hydrogens is 470 g/mol. The minimum absolute atomic E-state index is 0.0899. The lowest BCUT2D eigenvalue weighted by molar-refractivity contribution is -0.141. The fraction of sp³-hybridized carbons (Fsp3) is 0.381. The third-order valence-corrected chi connectivity index (χ3v) is 9.89. The number of fused-ring (bicyclic) bond motifs is 1. The summed E-state index contributed by atoms with van der Waals surface area (Å²) < 4.78 is 34.9. The molecule has 1 fully saturated rings. The molecule has 1 unspecified atom stereocenters. The molecule has 0 N–H and O–H groups in total. The van der Waals surface area contributed by atoms with Crippen LogP contribution in [0.2, 0.25) is 0 Å². The summed E-state index contributed by atoms with van der Waals surface area (Å²) in [6.07, 6.45) is 0.996. The summed E-state index contributed by atoms with van der Waals surface area (Å²) in [4.78, 5) is 29.9. The number of aryl methyl sites for hydroxylation is 2. The highest BCUT2D eigenvalue weighted by molar-refractivity contribution is 7.91. The van der Waals surface area contributed by atoms with Gasteiger partial charge in [-0.05, 0) is 55.3 Å². The molecule has 1 aliphatic heterocycles. The molecule has 0 spiro atoms. The van der Waals surface area contributed by atoms with Crippen molar-refractivity contribution in [2.24, 2.45) is 4.99 Å². The van der Waals surface area contributed by atoms with Gasteiger partial charge in [-0.2, -0.15) is 9.30 Å². The largest absolute Gasteiger partial charge is 0.468 e. The van der Waals surface area contributed by atoms with Crippen LogP contribution in [-0.2, 0) is 30.9 Å². The standard InChI is InChI=1S/C21H23N3O5S3/c1-13-10-14(2)19-16(11-13)23(12-17(25)29-3)21(31-19)22-20(26)15-6-4-8-24(15)32(27,28)18-7-5-9-30-18/h5,7,9-11,15H,4,6,8,12H2,1-3H3. The molecule has 32 heavy (non-hydrogen) atoms. The van der Waals surface area contributed by atoms with Gasteiger partial charge in [-0.25, -0.2) is 8.42 Å². The summed E-state index contributed by atoms with van der Waals surface area (Å²) in [6, 6.07) is 6.32. The third kappa shape index (κ3) is 4.17. The predicted molar refractivity (Wildman–Crippen MR) is 123 cm³/mol. The molecule has 3 aromatic rings. The number of carbonyl (C=O) groups excluding carboxylic acids is 2. The van der Waals surface area contributed by atoms with Gasteiger partial charge in [0.05, 0.1) is 17.3 Å². The first-order valence-electron chi connectivity index (χ1n) is 10.0. The molecule has 0 radical (unpaired) electrons. The number of rotatable bonds is 5. The summed E-state index contributed by atoms with van der Waals surface area (Å²) in [7, 11) is -2.45. The Labute approximate surface area is 193 Å². The Morgan fingerprint density at radius 2 is 2.06 bits per heavy atom. The van der Waals surface area contributed by atoms with Crippen LogP contribution in [0.5, 0.6) is 0 Å². The Morgan fingerprint density at radius 1 is 1.28 bits per heavy atom. The lowest BCUT2D eigenvalue weighted by atomic mass is 10.1. The van der Waals surface area contributed by atoms with Crippen LogP contribution in [0.1, 0.15) is 24.0 Å². The number of esters is 1. The maximum atomic E-state index is 13.2. The van der Waals surface area contributed by atoms with Crippen molar-refractivity contribution in [1.82, 2.24) is 8.87 Å². The van der Waals surface area contributed by atoms with Crippen LogP contribution in [0.25, 0.3) is 10.2 Å². The van der Waals surface area contributed by atoms with Crippen LogP contribution in [-0.4, -0.2) is 48.9 Å². The van der Waals surface area contributed by atoms with E-state index in [9.17, 15) is 18.0 Å². The normalized spacial score (nSPS) is 17.8. The van der Waals surface area contributed by atoms with Crippen molar-refractivity contribution in [1.29, 1.82) is 0 Å². The van der Waals surface area contributed by atoms with E-state index in [1.54, 1.807) is 22.1 Å². The van der Waals surface area contributed by atoms with Crippen molar-refractivity contribution in [2.75, 3.05) is 13.7 Å². The molecule has 0 aliphatic carbocycles. The van der Waals surface area contributed by atoms with Gasteiger partial charge in [0, 0.05) is 6.54 Å². The number of hydrogen-bond donors (Lipinski definition) is 0.